The molecule has 0 amide bonds. The lowest BCUT2D eigenvalue weighted by Crippen LogP contribution is -2.46. The third-order valence-corrected chi connectivity index (χ3v) is 22.6. The molecule has 0 atom stereocenters. The van der Waals surface area contributed by atoms with Crippen molar-refractivity contribution in [1.29, 1.82) is 0 Å². The van der Waals surface area contributed by atoms with Crippen LogP contribution in [0.25, 0.3) is 0 Å². The van der Waals surface area contributed by atoms with Crippen molar-refractivity contribution in [2.24, 2.45) is 0 Å². The molecule has 0 spiro atoms. The van der Waals surface area contributed by atoms with E-state index in [2.05, 4.69) is 115 Å². The zero-order valence-electron chi connectivity index (χ0n) is 22.9. The van der Waals surface area contributed by atoms with Crippen molar-refractivity contribution in [3.63, 3.8) is 0 Å². The summed E-state index contributed by atoms with van der Waals surface area (Å²) < 4.78 is 0. The minimum absolute atomic E-state index is 1.22. The van der Waals surface area contributed by atoms with Gasteiger partial charge >= 0.3 is 0 Å². The molecule has 0 aliphatic carbocycles. The van der Waals surface area contributed by atoms with Gasteiger partial charge < -0.3 is 0 Å². The van der Waals surface area contributed by atoms with E-state index in [1.54, 1.807) is 20.7 Å². The van der Waals surface area contributed by atoms with Gasteiger partial charge in [0.05, 0.1) is 32.3 Å². The van der Waals surface area contributed by atoms with Crippen LogP contribution in [0.3, 0.4) is 0 Å². The number of rotatable bonds is 11. The highest BCUT2D eigenvalue weighted by atomic mass is 28.3. The molecule has 0 bridgehead atoms. The molecule has 2 aromatic rings. The molecule has 2 aromatic carbocycles. The third-order valence-electron chi connectivity index (χ3n) is 8.26. The second kappa shape index (κ2) is 10.7. The van der Waals surface area contributed by atoms with Gasteiger partial charge in [-0.05, 0) is 0 Å². The topological polar surface area (TPSA) is 0 Å². The van der Waals surface area contributed by atoms with Crippen LogP contribution in [0.2, 0.25) is 76.6 Å². The predicted molar refractivity (Wildman–Crippen MR) is 161 cm³/mol. The Bertz CT molecular complexity index is 846. The first-order valence-corrected chi connectivity index (χ1v) is 25.8. The van der Waals surface area contributed by atoms with Crippen LogP contribution in [-0.4, -0.2) is 32.3 Å². The van der Waals surface area contributed by atoms with Crippen molar-refractivity contribution >= 4 is 53.0 Å². The van der Waals surface area contributed by atoms with Gasteiger partial charge in [0.25, 0.3) is 0 Å². The fourth-order valence-corrected chi connectivity index (χ4v) is 14.3. The maximum atomic E-state index is 2.58. The highest BCUT2D eigenvalue weighted by Crippen LogP contribution is 2.21. The third kappa shape index (κ3) is 6.91. The summed E-state index contributed by atoms with van der Waals surface area (Å²) in [5.74, 6) is 0. The van der Waals surface area contributed by atoms with Gasteiger partial charge in [-0.25, -0.2) is 0 Å². The highest BCUT2D eigenvalue weighted by molar-refractivity contribution is 6.92. The number of hydrogen-bond acceptors (Lipinski definition) is 0. The molecule has 0 saturated carbocycles. The van der Waals surface area contributed by atoms with E-state index in [1.165, 1.54) is 37.0 Å². The Morgan fingerprint density at radius 3 is 1.00 bits per heavy atom. The predicted octanol–water partition coefficient (Wildman–Crippen LogP) is 6.87. The first kappa shape index (κ1) is 27.6. The van der Waals surface area contributed by atoms with E-state index in [4.69, 9.17) is 0 Å². The summed E-state index contributed by atoms with van der Waals surface area (Å²) in [7, 11) is -5.21. The van der Waals surface area contributed by atoms with Gasteiger partial charge in [-0.1, -0.05) is 173 Å². The zero-order chi connectivity index (χ0) is 24.2. The van der Waals surface area contributed by atoms with E-state index in [9.17, 15) is 0 Å². The molecule has 0 aliphatic rings. The van der Waals surface area contributed by atoms with Crippen molar-refractivity contribution in [2.45, 2.75) is 103 Å². The summed E-state index contributed by atoms with van der Waals surface area (Å²) in [6.07, 6.45) is 2.69. The molecule has 178 valence electrons. The number of hydrogen-bond donors (Lipinski definition) is 0. The van der Waals surface area contributed by atoms with Crippen molar-refractivity contribution in [1.82, 2.24) is 0 Å². The summed E-state index contributed by atoms with van der Waals surface area (Å²) >= 11 is 0. The Balaban J connectivity index is 2.01. The Morgan fingerprint density at radius 2 is 0.719 bits per heavy atom. The van der Waals surface area contributed by atoms with Crippen LogP contribution < -0.4 is 20.7 Å². The van der Waals surface area contributed by atoms with Gasteiger partial charge in [0.1, 0.15) is 0 Å². The molecule has 0 nitrogen and oxygen atoms in total. The summed E-state index contributed by atoms with van der Waals surface area (Å²) in [6, 6.07) is 25.4. The summed E-state index contributed by atoms with van der Waals surface area (Å²) in [5, 5.41) is 6.56. The lowest BCUT2D eigenvalue weighted by Gasteiger charge is -2.29. The van der Waals surface area contributed by atoms with E-state index in [1.807, 2.05) is 0 Å². The Kier molecular flexibility index (Phi) is 9.22. The van der Waals surface area contributed by atoms with Crippen molar-refractivity contribution in [3.05, 3.63) is 48.5 Å². The van der Waals surface area contributed by atoms with Crippen LogP contribution in [0.5, 0.6) is 0 Å². The van der Waals surface area contributed by atoms with E-state index in [0.717, 1.165) is 0 Å². The average molecular weight is 499 g/mol. The summed E-state index contributed by atoms with van der Waals surface area (Å²) in [6.45, 7) is 25.0. The first-order valence-electron chi connectivity index (χ1n) is 13.0. The van der Waals surface area contributed by atoms with Crippen LogP contribution in [0.1, 0.15) is 26.7 Å². The highest BCUT2D eigenvalue weighted by Gasteiger charge is 2.29. The Labute approximate surface area is 204 Å². The van der Waals surface area contributed by atoms with Crippen LogP contribution >= 0.6 is 0 Å². The van der Waals surface area contributed by atoms with Crippen molar-refractivity contribution in [2.75, 3.05) is 0 Å². The van der Waals surface area contributed by atoms with Crippen LogP contribution in [0, 0.1) is 0 Å². The number of benzene rings is 2. The standard InChI is InChI=1S/C28H50Si4/c1-11-22-30(5,6)26-18-20-28(21-19-26)32(9,10)24-13-23-31(7,8)27-16-14-25(15-17-27)29(3,4)12-2/h14-21H,11-13,22-24H2,1-10H3. The van der Waals surface area contributed by atoms with Crippen LogP contribution in [0.15, 0.2) is 48.5 Å². The van der Waals surface area contributed by atoms with E-state index >= 15 is 0 Å². The average Bonchev–Trinajstić information content (AvgIpc) is 2.73. The fraction of sp³-hybridized carbons (Fsp3) is 0.571. The maximum Gasteiger partial charge on any atom is 0.0806 e. The molecule has 0 fully saturated rings. The monoisotopic (exact) mass is 498 g/mol. The smallest absolute Gasteiger partial charge is 0.0675 e. The molecular formula is C28H50Si4. The van der Waals surface area contributed by atoms with Crippen LogP contribution in [0.4, 0.5) is 0 Å². The molecule has 0 saturated heterocycles. The lowest BCUT2D eigenvalue weighted by molar-refractivity contribution is 1.02. The molecule has 0 aromatic heterocycles. The maximum absolute atomic E-state index is 2.58. The zero-order valence-corrected chi connectivity index (χ0v) is 26.9. The first-order chi connectivity index (χ1) is 14.7. The van der Waals surface area contributed by atoms with Crippen LogP contribution in [-0.2, 0) is 0 Å². The molecule has 0 heterocycles. The quantitative estimate of drug-likeness (QED) is 0.297. The molecule has 0 radical (unpaired) electrons. The van der Waals surface area contributed by atoms with E-state index in [-0.39, 0.29) is 0 Å². The second-order valence-electron chi connectivity index (χ2n) is 12.6. The summed E-state index contributed by atoms with van der Waals surface area (Å²) in [4.78, 5) is 0. The van der Waals surface area contributed by atoms with Gasteiger partial charge in [0.2, 0.25) is 0 Å². The van der Waals surface area contributed by atoms with Gasteiger partial charge in [-0.15, -0.1) is 0 Å². The molecule has 4 heteroatoms. The van der Waals surface area contributed by atoms with Gasteiger partial charge in [-0.2, -0.15) is 0 Å². The molecule has 2 rings (SSSR count). The van der Waals surface area contributed by atoms with E-state index in [0.29, 0.717) is 0 Å². The largest absolute Gasteiger partial charge is 0.0806 e. The Hall–Kier alpha value is -0.692. The molecule has 0 unspecified atom stereocenters. The SMILES string of the molecule is CCC[Si](C)(C)c1ccc([Si](C)(C)CCC[Si](C)(C)c2ccc([Si](C)(C)CC)cc2)cc1. The lowest BCUT2D eigenvalue weighted by atomic mass is 10.4. The second-order valence-corrected chi connectivity index (χ2v) is 32.2. The molecule has 0 aliphatic heterocycles. The summed E-state index contributed by atoms with van der Waals surface area (Å²) in [5.41, 5.74) is 0. The minimum Gasteiger partial charge on any atom is -0.0675 e. The molecule has 0 N–H and O–H groups in total. The van der Waals surface area contributed by atoms with Crippen molar-refractivity contribution < 1.29 is 0 Å². The van der Waals surface area contributed by atoms with Gasteiger partial charge in [-0.3, -0.25) is 0 Å². The van der Waals surface area contributed by atoms with Crippen molar-refractivity contribution in [3.8, 4) is 0 Å². The molecule has 32 heavy (non-hydrogen) atoms. The molecular weight excluding hydrogens is 449 g/mol. The van der Waals surface area contributed by atoms with Gasteiger partial charge in [0, 0.05) is 0 Å². The van der Waals surface area contributed by atoms with E-state index < -0.39 is 32.3 Å². The minimum atomic E-state index is -1.38. The normalized spacial score (nSPS) is 13.4. The van der Waals surface area contributed by atoms with Gasteiger partial charge in [0.15, 0.2) is 0 Å². The fourth-order valence-electron chi connectivity index (χ4n) is 4.98. The Morgan fingerprint density at radius 1 is 0.438 bits per heavy atom.